The highest BCUT2D eigenvalue weighted by Gasteiger charge is 2.33. The molecule has 2 heterocycles. The van der Waals surface area contributed by atoms with Crippen LogP contribution in [0.5, 0.6) is 11.5 Å². The van der Waals surface area contributed by atoms with Crippen molar-refractivity contribution >= 4 is 5.82 Å². The molecule has 2 unspecified atom stereocenters. The van der Waals surface area contributed by atoms with Crippen LogP contribution in [0.15, 0.2) is 30.5 Å². The molecule has 1 aromatic heterocycles. The zero-order chi connectivity index (χ0) is 22.3. The fraction of sp³-hybridized carbons (Fsp3) is 0.600. The van der Waals surface area contributed by atoms with E-state index in [2.05, 4.69) is 46.9 Å². The molecule has 4 rings (SSSR count). The molecule has 0 saturated heterocycles. The van der Waals surface area contributed by atoms with E-state index in [1.807, 2.05) is 24.2 Å². The molecule has 32 heavy (non-hydrogen) atoms. The van der Waals surface area contributed by atoms with Crippen molar-refractivity contribution < 1.29 is 9.57 Å². The Kier molecular flexibility index (Phi) is 7.81. The molecule has 1 aliphatic carbocycles. The zero-order valence-electron chi connectivity index (χ0n) is 19.6. The van der Waals surface area contributed by atoms with Gasteiger partial charge in [-0.15, -0.1) is 10.2 Å². The zero-order valence-corrected chi connectivity index (χ0v) is 19.6. The first-order chi connectivity index (χ1) is 15.7. The van der Waals surface area contributed by atoms with Gasteiger partial charge < -0.3 is 20.2 Å². The van der Waals surface area contributed by atoms with Crippen molar-refractivity contribution in [2.45, 2.75) is 58.0 Å². The van der Waals surface area contributed by atoms with Crippen molar-refractivity contribution in [3.05, 3.63) is 41.6 Å². The van der Waals surface area contributed by atoms with Gasteiger partial charge in [0.25, 0.3) is 0 Å². The molecule has 1 aromatic carbocycles. The summed E-state index contributed by atoms with van der Waals surface area (Å²) >= 11 is 0. The minimum Gasteiger partial charge on any atom is -0.493 e. The number of nitrogens with zero attached hydrogens (tertiary/aromatic N) is 3. The number of rotatable bonds is 13. The third kappa shape index (κ3) is 5.70. The minimum absolute atomic E-state index is 0.278. The average molecular weight is 440 g/mol. The topological polar surface area (TPSA) is 71.5 Å². The molecule has 2 N–H and O–H groups in total. The van der Waals surface area contributed by atoms with Crippen LogP contribution in [0.4, 0.5) is 5.82 Å². The van der Waals surface area contributed by atoms with Crippen LogP contribution in [0.2, 0.25) is 0 Å². The van der Waals surface area contributed by atoms with Gasteiger partial charge in [0.1, 0.15) is 11.6 Å². The van der Waals surface area contributed by atoms with Gasteiger partial charge in [-0.1, -0.05) is 13.3 Å². The molecular formula is C25H37N5O2. The van der Waals surface area contributed by atoms with E-state index in [1.54, 1.807) is 6.20 Å². The average Bonchev–Trinajstić information content (AvgIpc) is 3.58. The monoisotopic (exact) mass is 439 g/mol. The highest BCUT2D eigenvalue weighted by molar-refractivity contribution is 5.52. The smallest absolute Gasteiger partial charge is 0.160 e. The molecule has 174 valence electrons. The van der Waals surface area contributed by atoms with Crippen LogP contribution >= 0.6 is 0 Å². The lowest BCUT2D eigenvalue weighted by molar-refractivity contribution is -0.0485. The lowest BCUT2D eigenvalue weighted by atomic mass is 9.91. The minimum atomic E-state index is 0.278. The van der Waals surface area contributed by atoms with Crippen molar-refractivity contribution in [2.24, 2.45) is 11.8 Å². The van der Waals surface area contributed by atoms with E-state index in [-0.39, 0.29) is 6.04 Å². The molecule has 1 aliphatic heterocycles. The predicted molar refractivity (Wildman–Crippen MR) is 127 cm³/mol. The Morgan fingerprint density at radius 2 is 2.12 bits per heavy atom. The number of hydrogen-bond acceptors (Lipinski definition) is 7. The van der Waals surface area contributed by atoms with Gasteiger partial charge in [-0.3, -0.25) is 0 Å². The number of nitrogens with one attached hydrogen (secondary N) is 2. The maximum Gasteiger partial charge on any atom is 0.160 e. The molecule has 0 radical (unpaired) electrons. The summed E-state index contributed by atoms with van der Waals surface area (Å²) in [5.41, 5.74) is 2.42. The van der Waals surface area contributed by atoms with Crippen LogP contribution < -0.4 is 20.2 Å². The molecule has 1 fully saturated rings. The summed E-state index contributed by atoms with van der Waals surface area (Å²) < 4.78 is 6.15. The second-order valence-corrected chi connectivity index (χ2v) is 9.07. The normalized spacial score (nSPS) is 18.8. The number of aromatic nitrogens is 2. The Balaban J connectivity index is 1.36. The van der Waals surface area contributed by atoms with Crippen molar-refractivity contribution in [1.29, 1.82) is 0 Å². The van der Waals surface area contributed by atoms with E-state index < -0.39 is 0 Å². The Labute approximate surface area is 191 Å². The summed E-state index contributed by atoms with van der Waals surface area (Å²) in [6.07, 6.45) is 8.82. The largest absolute Gasteiger partial charge is 0.493 e. The van der Waals surface area contributed by atoms with Crippen molar-refractivity contribution in [1.82, 2.24) is 20.6 Å². The third-order valence-electron chi connectivity index (χ3n) is 6.66. The number of anilines is 1. The van der Waals surface area contributed by atoms with E-state index in [4.69, 9.17) is 9.57 Å². The first kappa shape index (κ1) is 22.8. The molecule has 0 bridgehead atoms. The molecule has 2 aliphatic rings. The Hall–Kier alpha value is -2.38. The predicted octanol–water partition coefficient (Wildman–Crippen LogP) is 4.57. The quantitative estimate of drug-likeness (QED) is 0.473. The summed E-state index contributed by atoms with van der Waals surface area (Å²) in [6.45, 7) is 4.76. The summed E-state index contributed by atoms with van der Waals surface area (Å²) in [7, 11) is 4.02. The fourth-order valence-electron chi connectivity index (χ4n) is 4.46. The van der Waals surface area contributed by atoms with Gasteiger partial charge in [-0.2, -0.15) is 5.10 Å². The van der Waals surface area contributed by atoms with Gasteiger partial charge in [0.15, 0.2) is 5.75 Å². The van der Waals surface area contributed by atoms with Crippen molar-refractivity contribution in [3.63, 3.8) is 0 Å². The highest BCUT2D eigenvalue weighted by atomic mass is 16.7. The van der Waals surface area contributed by atoms with Gasteiger partial charge in [0.05, 0.1) is 18.2 Å². The molecule has 0 amide bonds. The number of fused-ring (bicyclic) bond motifs is 1. The lowest BCUT2D eigenvalue weighted by Gasteiger charge is -2.21. The fourth-order valence-corrected chi connectivity index (χ4v) is 4.46. The molecule has 2 atom stereocenters. The molecule has 2 aromatic rings. The second-order valence-electron chi connectivity index (χ2n) is 9.07. The molecule has 7 nitrogen and oxygen atoms in total. The van der Waals surface area contributed by atoms with Crippen LogP contribution in [0, 0.1) is 11.8 Å². The van der Waals surface area contributed by atoms with Crippen LogP contribution in [-0.4, -0.2) is 42.5 Å². The van der Waals surface area contributed by atoms with Crippen molar-refractivity contribution in [3.8, 4) is 11.5 Å². The van der Waals surface area contributed by atoms with Crippen LogP contribution in [0.25, 0.3) is 0 Å². The Bertz CT molecular complexity index is 859. The van der Waals surface area contributed by atoms with Crippen LogP contribution in [-0.2, 0) is 6.54 Å². The van der Waals surface area contributed by atoms with Crippen LogP contribution in [0.1, 0.15) is 62.6 Å². The van der Waals surface area contributed by atoms with Crippen molar-refractivity contribution in [2.75, 3.05) is 32.6 Å². The molecule has 7 heteroatoms. The third-order valence-corrected chi connectivity index (χ3v) is 6.66. The van der Waals surface area contributed by atoms with Gasteiger partial charge in [-0.25, -0.2) is 0 Å². The number of ether oxygens (including phenoxy) is 1. The summed E-state index contributed by atoms with van der Waals surface area (Å²) in [5.74, 6) is 4.18. The number of hydroxylamine groups is 2. The van der Waals surface area contributed by atoms with E-state index in [0.717, 1.165) is 67.8 Å². The highest BCUT2D eigenvalue weighted by Crippen LogP contribution is 2.45. The first-order valence-corrected chi connectivity index (χ1v) is 12.0. The van der Waals surface area contributed by atoms with E-state index in [9.17, 15) is 0 Å². The van der Waals surface area contributed by atoms with Gasteiger partial charge in [0.2, 0.25) is 0 Å². The van der Waals surface area contributed by atoms with E-state index in [0.29, 0.717) is 5.92 Å². The molecule has 1 saturated carbocycles. The lowest BCUT2D eigenvalue weighted by Crippen LogP contribution is -2.22. The number of benzene rings is 1. The van der Waals surface area contributed by atoms with E-state index in [1.165, 1.54) is 24.8 Å². The summed E-state index contributed by atoms with van der Waals surface area (Å²) in [4.78, 5) is 6.26. The molecular weight excluding hydrogens is 402 g/mol. The summed E-state index contributed by atoms with van der Waals surface area (Å²) in [6, 6.07) is 8.50. The van der Waals surface area contributed by atoms with Gasteiger partial charge in [0, 0.05) is 31.9 Å². The van der Waals surface area contributed by atoms with Gasteiger partial charge in [-0.05, 0) is 75.3 Å². The Morgan fingerprint density at radius 3 is 2.84 bits per heavy atom. The maximum absolute atomic E-state index is 6.26. The SMILES string of the molecule is CCC(CCNc1cccnn1)CCC1c2ccc(OCC3CC3)c(CNC)c2ON1C. The molecule has 0 spiro atoms. The van der Waals surface area contributed by atoms with Crippen LogP contribution in [0.3, 0.4) is 0 Å². The standard InChI is InChI=1S/C25H37N5O2/c1-4-18(13-15-27-24-6-5-14-28-29-24)9-11-22-20-10-12-23(31-17-19-7-8-19)21(16-26-2)25(20)32-30(22)3/h5-6,10,12,14,18-19,22,26H,4,7-9,11,13,15-17H2,1-3H3,(H,27,29). The maximum atomic E-state index is 6.26. The first-order valence-electron chi connectivity index (χ1n) is 12.0. The second kappa shape index (κ2) is 11.0. The summed E-state index contributed by atoms with van der Waals surface area (Å²) in [5, 5.41) is 16.7. The Morgan fingerprint density at radius 1 is 1.25 bits per heavy atom. The number of hydrogen-bond donors (Lipinski definition) is 2. The van der Waals surface area contributed by atoms with E-state index >= 15 is 0 Å². The van der Waals surface area contributed by atoms with Gasteiger partial charge >= 0.3 is 0 Å².